The number of hydrogen-bond donors (Lipinski definition) is 0. The van der Waals surface area contributed by atoms with Gasteiger partial charge in [-0.2, -0.15) is 13.2 Å². The second-order valence-corrected chi connectivity index (χ2v) is 3.04. The Labute approximate surface area is 81.8 Å². The van der Waals surface area contributed by atoms with E-state index in [0.29, 0.717) is 4.90 Å². The van der Waals surface area contributed by atoms with Crippen LogP contribution >= 0.6 is 0 Å². The van der Waals surface area contributed by atoms with E-state index < -0.39 is 30.7 Å². The average molecular weight is 237 g/mol. The molecule has 0 N–H and O–H groups in total. The fourth-order valence-electron chi connectivity index (χ4n) is 0.747. The maximum Gasteiger partial charge on any atom is 0.425 e. The highest BCUT2D eigenvalue weighted by atomic mass is 19.4. The Kier molecular flexibility index (Phi) is 4.01. The van der Waals surface area contributed by atoms with Crippen molar-refractivity contribution in [2.75, 3.05) is 13.6 Å². The number of amides is 1. The highest BCUT2D eigenvalue weighted by molar-refractivity contribution is 5.72. The maximum atomic E-state index is 12.6. The van der Waals surface area contributed by atoms with Crippen molar-refractivity contribution in [3.63, 3.8) is 0 Å². The van der Waals surface area contributed by atoms with E-state index in [1.165, 1.54) is 0 Å². The lowest BCUT2D eigenvalue weighted by molar-refractivity contribution is -0.246. The van der Waals surface area contributed by atoms with Crippen LogP contribution in [0.3, 0.4) is 0 Å². The molecule has 1 amide bonds. The van der Waals surface area contributed by atoms with E-state index in [1.807, 2.05) is 0 Å². The summed E-state index contributed by atoms with van der Waals surface area (Å²) < 4.78 is 72.5. The van der Waals surface area contributed by atoms with Crippen molar-refractivity contribution in [1.82, 2.24) is 4.90 Å². The predicted molar refractivity (Wildman–Crippen MR) is 39.2 cm³/mol. The lowest BCUT2D eigenvalue weighted by Gasteiger charge is -2.26. The normalized spacial score (nSPS) is 14.9. The molecular formula is C7H9F6NO. The lowest BCUT2D eigenvalue weighted by Crippen LogP contribution is -2.49. The molecule has 8 heteroatoms. The average Bonchev–Trinajstić information content (AvgIpc) is 2.00. The summed E-state index contributed by atoms with van der Waals surface area (Å²) in [6, 6.07) is 0. The highest BCUT2D eigenvalue weighted by Crippen LogP contribution is 2.35. The Morgan fingerprint density at radius 2 is 1.67 bits per heavy atom. The van der Waals surface area contributed by atoms with Gasteiger partial charge in [0.25, 0.3) is 6.17 Å². The first-order valence-electron chi connectivity index (χ1n) is 3.79. The summed E-state index contributed by atoms with van der Waals surface area (Å²) in [6.07, 6.45) is -9.91. The summed E-state index contributed by atoms with van der Waals surface area (Å²) in [7, 11) is 0.860. The molecule has 0 rings (SSSR count). The Hall–Kier alpha value is -0.950. The molecule has 0 aliphatic rings. The zero-order valence-corrected chi connectivity index (χ0v) is 7.91. The molecule has 2 nitrogen and oxygen atoms in total. The van der Waals surface area contributed by atoms with Gasteiger partial charge in [0.1, 0.15) is 0 Å². The Morgan fingerprint density at radius 3 is 1.93 bits per heavy atom. The first-order valence-corrected chi connectivity index (χ1v) is 3.79. The molecule has 0 radical (unpaired) electrons. The summed E-state index contributed by atoms with van der Waals surface area (Å²) in [5.74, 6) is -5.51. The number of halogens is 6. The Morgan fingerprint density at radius 1 is 1.27 bits per heavy atom. The first kappa shape index (κ1) is 14.0. The first-order chi connectivity index (χ1) is 6.48. The van der Waals surface area contributed by atoms with Gasteiger partial charge in [-0.15, -0.1) is 0 Å². The second-order valence-electron chi connectivity index (χ2n) is 3.04. The molecule has 0 spiro atoms. The van der Waals surface area contributed by atoms with Crippen LogP contribution in [-0.4, -0.2) is 42.7 Å². The Bertz CT molecular complexity index is 238. The third kappa shape index (κ3) is 3.96. The smallest absolute Gasteiger partial charge is 0.340 e. The van der Waals surface area contributed by atoms with Gasteiger partial charge in [-0.25, -0.2) is 13.2 Å². The molecule has 15 heavy (non-hydrogen) atoms. The number of carbonyl (C=O) groups is 1. The van der Waals surface area contributed by atoms with Crippen LogP contribution in [0.5, 0.6) is 0 Å². The standard InChI is InChI=1S/C7H9F6NO/c1-4(15)14(2)3-6(9,10)5(8)7(11,12)13/h5H,3H2,1-2H3. The summed E-state index contributed by atoms with van der Waals surface area (Å²) in [5.41, 5.74) is 0. The second kappa shape index (κ2) is 4.28. The minimum Gasteiger partial charge on any atom is -0.340 e. The van der Waals surface area contributed by atoms with E-state index in [-0.39, 0.29) is 0 Å². The van der Waals surface area contributed by atoms with Gasteiger partial charge in [-0.1, -0.05) is 0 Å². The molecule has 90 valence electrons. The van der Waals surface area contributed by atoms with Gasteiger partial charge in [0.05, 0.1) is 6.54 Å². The summed E-state index contributed by atoms with van der Waals surface area (Å²) in [5, 5.41) is 0. The summed E-state index contributed by atoms with van der Waals surface area (Å²) >= 11 is 0. The predicted octanol–water partition coefficient (Wildman–Crippen LogP) is 2.00. The largest absolute Gasteiger partial charge is 0.425 e. The molecule has 0 aliphatic carbocycles. The van der Waals surface area contributed by atoms with E-state index in [0.717, 1.165) is 14.0 Å². The third-order valence-electron chi connectivity index (χ3n) is 1.64. The molecule has 0 bridgehead atoms. The van der Waals surface area contributed by atoms with Crippen molar-refractivity contribution in [3.8, 4) is 0 Å². The van der Waals surface area contributed by atoms with Crippen molar-refractivity contribution in [3.05, 3.63) is 0 Å². The van der Waals surface area contributed by atoms with Gasteiger partial charge in [0, 0.05) is 14.0 Å². The molecule has 0 saturated heterocycles. The fourth-order valence-corrected chi connectivity index (χ4v) is 0.747. The molecule has 0 aliphatic heterocycles. The summed E-state index contributed by atoms with van der Waals surface area (Å²) in [6.45, 7) is -0.722. The number of hydrogen-bond acceptors (Lipinski definition) is 1. The van der Waals surface area contributed by atoms with Gasteiger partial charge in [-0.05, 0) is 0 Å². The third-order valence-corrected chi connectivity index (χ3v) is 1.64. The van der Waals surface area contributed by atoms with Crippen LogP contribution in [-0.2, 0) is 4.79 Å². The molecule has 0 aromatic heterocycles. The molecule has 0 aromatic carbocycles. The molecule has 1 unspecified atom stereocenters. The van der Waals surface area contributed by atoms with Crippen molar-refractivity contribution >= 4 is 5.91 Å². The molecule has 0 aromatic rings. The molecule has 1 atom stereocenters. The SMILES string of the molecule is CC(=O)N(C)CC(F)(F)C(F)C(F)(F)F. The summed E-state index contributed by atoms with van der Waals surface area (Å²) in [4.78, 5) is 10.8. The van der Waals surface area contributed by atoms with Crippen LogP contribution in [0.2, 0.25) is 0 Å². The van der Waals surface area contributed by atoms with Gasteiger partial charge >= 0.3 is 12.1 Å². The number of rotatable bonds is 3. The van der Waals surface area contributed by atoms with E-state index in [1.54, 1.807) is 0 Å². The molecule has 0 heterocycles. The van der Waals surface area contributed by atoms with Crippen molar-refractivity contribution in [2.24, 2.45) is 0 Å². The van der Waals surface area contributed by atoms with Crippen molar-refractivity contribution < 1.29 is 31.1 Å². The molecular weight excluding hydrogens is 228 g/mol. The van der Waals surface area contributed by atoms with Gasteiger partial charge in [0.15, 0.2) is 0 Å². The Balaban J connectivity index is 4.62. The number of nitrogens with zero attached hydrogens (tertiary/aromatic N) is 1. The number of alkyl halides is 6. The quantitative estimate of drug-likeness (QED) is 0.687. The van der Waals surface area contributed by atoms with Crippen molar-refractivity contribution in [2.45, 2.75) is 25.2 Å². The molecule has 0 saturated carbocycles. The van der Waals surface area contributed by atoms with Crippen LogP contribution in [0.1, 0.15) is 6.92 Å². The van der Waals surface area contributed by atoms with Gasteiger partial charge in [-0.3, -0.25) is 4.79 Å². The van der Waals surface area contributed by atoms with Crippen LogP contribution in [0.4, 0.5) is 26.3 Å². The van der Waals surface area contributed by atoms with Gasteiger partial charge in [0.2, 0.25) is 5.91 Å². The van der Waals surface area contributed by atoms with E-state index in [9.17, 15) is 31.1 Å². The fraction of sp³-hybridized carbons (Fsp3) is 0.857. The van der Waals surface area contributed by atoms with Crippen LogP contribution in [0.15, 0.2) is 0 Å². The zero-order valence-electron chi connectivity index (χ0n) is 7.91. The van der Waals surface area contributed by atoms with Crippen molar-refractivity contribution in [1.29, 1.82) is 0 Å². The van der Waals surface area contributed by atoms with Crippen LogP contribution in [0.25, 0.3) is 0 Å². The minimum atomic E-state index is -5.64. The lowest BCUT2D eigenvalue weighted by atomic mass is 10.2. The van der Waals surface area contributed by atoms with E-state index >= 15 is 0 Å². The minimum absolute atomic E-state index is 0.318. The topological polar surface area (TPSA) is 20.3 Å². The van der Waals surface area contributed by atoms with Crippen LogP contribution < -0.4 is 0 Å². The zero-order chi connectivity index (χ0) is 12.4. The molecule has 0 fully saturated rings. The van der Waals surface area contributed by atoms with Crippen LogP contribution in [0, 0.1) is 0 Å². The monoisotopic (exact) mass is 237 g/mol. The van der Waals surface area contributed by atoms with E-state index in [4.69, 9.17) is 0 Å². The maximum absolute atomic E-state index is 12.6. The highest BCUT2D eigenvalue weighted by Gasteiger charge is 2.57. The van der Waals surface area contributed by atoms with Gasteiger partial charge < -0.3 is 4.90 Å². The van der Waals surface area contributed by atoms with E-state index in [2.05, 4.69) is 0 Å². The number of carbonyl (C=O) groups excluding carboxylic acids is 1.